The molecule has 22 heavy (non-hydrogen) atoms. The molecule has 0 radical (unpaired) electrons. The maximum Gasteiger partial charge on any atom is 0.123 e. The molecule has 1 aliphatic rings. The van der Waals surface area contributed by atoms with E-state index in [1.165, 1.54) is 11.6 Å². The molecular formula is C18H20FNO2. The Morgan fingerprint density at radius 2 is 2.05 bits per heavy atom. The summed E-state index contributed by atoms with van der Waals surface area (Å²) in [6.07, 6.45) is -0.0669. The van der Waals surface area contributed by atoms with E-state index < -0.39 is 0 Å². The van der Waals surface area contributed by atoms with Crippen LogP contribution in [0.15, 0.2) is 48.5 Å². The third-order valence-electron chi connectivity index (χ3n) is 3.94. The van der Waals surface area contributed by atoms with Gasteiger partial charge in [0.15, 0.2) is 0 Å². The molecule has 1 saturated heterocycles. The standard InChI is InChI=1S/C18H20FNO2/c1-21-17-7-5-14(6-8-17)12-20-9-10-22-18(13-20)15-3-2-4-16(19)11-15/h2-8,11,18H,9-10,12-13H2,1H3. The summed E-state index contributed by atoms with van der Waals surface area (Å²) in [5, 5.41) is 0. The predicted molar refractivity (Wildman–Crippen MR) is 83.4 cm³/mol. The molecule has 2 aromatic carbocycles. The molecule has 1 fully saturated rings. The summed E-state index contributed by atoms with van der Waals surface area (Å²) in [6, 6.07) is 14.8. The zero-order valence-electron chi connectivity index (χ0n) is 12.7. The number of methoxy groups -OCH3 is 1. The van der Waals surface area contributed by atoms with Crippen molar-refractivity contribution in [2.24, 2.45) is 0 Å². The number of ether oxygens (including phenoxy) is 2. The second-order valence-corrected chi connectivity index (χ2v) is 5.50. The van der Waals surface area contributed by atoms with Crippen LogP contribution in [-0.4, -0.2) is 31.7 Å². The highest BCUT2D eigenvalue weighted by Gasteiger charge is 2.22. The van der Waals surface area contributed by atoms with Crippen LogP contribution >= 0.6 is 0 Å². The van der Waals surface area contributed by atoms with Crippen molar-refractivity contribution in [3.8, 4) is 5.75 Å². The van der Waals surface area contributed by atoms with E-state index in [1.54, 1.807) is 19.2 Å². The molecule has 0 bridgehead atoms. The van der Waals surface area contributed by atoms with E-state index in [0.717, 1.165) is 30.9 Å². The molecule has 0 saturated carbocycles. The minimum absolute atomic E-state index is 0.0669. The van der Waals surface area contributed by atoms with Crippen LogP contribution in [0.5, 0.6) is 5.75 Å². The van der Waals surface area contributed by atoms with Crippen molar-refractivity contribution in [2.75, 3.05) is 26.8 Å². The van der Waals surface area contributed by atoms with Gasteiger partial charge in [0, 0.05) is 19.6 Å². The quantitative estimate of drug-likeness (QED) is 0.864. The molecule has 3 nitrogen and oxygen atoms in total. The molecule has 4 heteroatoms. The van der Waals surface area contributed by atoms with E-state index in [-0.39, 0.29) is 11.9 Å². The van der Waals surface area contributed by atoms with Crippen molar-refractivity contribution in [3.05, 3.63) is 65.5 Å². The van der Waals surface area contributed by atoms with E-state index in [9.17, 15) is 4.39 Å². The van der Waals surface area contributed by atoms with Gasteiger partial charge in [-0.25, -0.2) is 4.39 Å². The Bertz CT molecular complexity index is 615. The maximum atomic E-state index is 13.4. The first-order valence-corrected chi connectivity index (χ1v) is 7.47. The van der Waals surface area contributed by atoms with E-state index in [4.69, 9.17) is 9.47 Å². The summed E-state index contributed by atoms with van der Waals surface area (Å²) in [5.41, 5.74) is 2.14. The Kier molecular flexibility index (Phi) is 4.71. The topological polar surface area (TPSA) is 21.7 Å². The van der Waals surface area contributed by atoms with E-state index in [1.807, 2.05) is 18.2 Å². The highest BCUT2D eigenvalue weighted by atomic mass is 19.1. The first kappa shape index (κ1) is 15.0. The van der Waals surface area contributed by atoms with Crippen molar-refractivity contribution >= 4 is 0 Å². The monoisotopic (exact) mass is 301 g/mol. The molecular weight excluding hydrogens is 281 g/mol. The van der Waals surface area contributed by atoms with Gasteiger partial charge in [-0.1, -0.05) is 24.3 Å². The Morgan fingerprint density at radius 3 is 2.77 bits per heavy atom. The molecule has 1 aliphatic heterocycles. The molecule has 1 atom stereocenters. The lowest BCUT2D eigenvalue weighted by atomic mass is 10.1. The lowest BCUT2D eigenvalue weighted by Crippen LogP contribution is -2.37. The summed E-state index contributed by atoms with van der Waals surface area (Å²) in [7, 11) is 1.67. The van der Waals surface area contributed by atoms with Crippen LogP contribution in [0.1, 0.15) is 17.2 Å². The van der Waals surface area contributed by atoms with Crippen molar-refractivity contribution < 1.29 is 13.9 Å². The second-order valence-electron chi connectivity index (χ2n) is 5.50. The Hall–Kier alpha value is -1.91. The Labute approximate surface area is 130 Å². The normalized spacial score (nSPS) is 19.1. The average Bonchev–Trinajstić information content (AvgIpc) is 2.56. The molecule has 3 rings (SSSR count). The number of nitrogens with zero attached hydrogens (tertiary/aromatic N) is 1. The van der Waals surface area contributed by atoms with Crippen LogP contribution < -0.4 is 4.74 Å². The molecule has 0 aliphatic carbocycles. The summed E-state index contributed by atoms with van der Waals surface area (Å²) >= 11 is 0. The molecule has 2 aromatic rings. The summed E-state index contributed by atoms with van der Waals surface area (Å²) in [5.74, 6) is 0.650. The smallest absolute Gasteiger partial charge is 0.123 e. The van der Waals surface area contributed by atoms with Gasteiger partial charge < -0.3 is 9.47 Å². The largest absolute Gasteiger partial charge is 0.497 e. The molecule has 0 N–H and O–H groups in total. The van der Waals surface area contributed by atoms with Gasteiger partial charge in [-0.2, -0.15) is 0 Å². The minimum Gasteiger partial charge on any atom is -0.497 e. The zero-order chi connectivity index (χ0) is 15.4. The second kappa shape index (κ2) is 6.90. The molecule has 116 valence electrons. The van der Waals surface area contributed by atoms with Gasteiger partial charge >= 0.3 is 0 Å². The summed E-state index contributed by atoms with van der Waals surface area (Å²) < 4.78 is 24.3. The Balaban J connectivity index is 1.65. The number of halogens is 1. The number of benzene rings is 2. The molecule has 1 unspecified atom stereocenters. The van der Waals surface area contributed by atoms with Gasteiger partial charge in [0.25, 0.3) is 0 Å². The number of morpholine rings is 1. The predicted octanol–water partition coefficient (Wildman–Crippen LogP) is 3.41. The molecule has 0 amide bonds. The van der Waals surface area contributed by atoms with Crippen LogP contribution in [0.3, 0.4) is 0 Å². The van der Waals surface area contributed by atoms with Crippen molar-refractivity contribution in [3.63, 3.8) is 0 Å². The fraction of sp³-hybridized carbons (Fsp3) is 0.333. The van der Waals surface area contributed by atoms with Gasteiger partial charge in [-0.3, -0.25) is 4.90 Å². The fourth-order valence-electron chi connectivity index (χ4n) is 2.74. The van der Waals surface area contributed by atoms with Gasteiger partial charge in [-0.05, 0) is 35.4 Å². The molecule has 1 heterocycles. The van der Waals surface area contributed by atoms with Crippen LogP contribution in [0, 0.1) is 5.82 Å². The van der Waals surface area contributed by atoms with Crippen LogP contribution in [0.25, 0.3) is 0 Å². The van der Waals surface area contributed by atoms with E-state index >= 15 is 0 Å². The Morgan fingerprint density at radius 1 is 1.23 bits per heavy atom. The summed E-state index contributed by atoms with van der Waals surface area (Å²) in [6.45, 7) is 3.18. The number of hydrogen-bond acceptors (Lipinski definition) is 3. The summed E-state index contributed by atoms with van der Waals surface area (Å²) in [4.78, 5) is 2.33. The lowest BCUT2D eigenvalue weighted by molar-refractivity contribution is -0.0330. The highest BCUT2D eigenvalue weighted by Crippen LogP contribution is 2.24. The minimum atomic E-state index is -0.214. The third kappa shape index (κ3) is 3.64. The van der Waals surface area contributed by atoms with Crippen LogP contribution in [-0.2, 0) is 11.3 Å². The van der Waals surface area contributed by atoms with E-state index in [0.29, 0.717) is 6.61 Å². The van der Waals surface area contributed by atoms with Crippen molar-refractivity contribution in [2.45, 2.75) is 12.6 Å². The highest BCUT2D eigenvalue weighted by molar-refractivity contribution is 5.27. The SMILES string of the molecule is COc1ccc(CN2CCOC(c3cccc(F)c3)C2)cc1. The van der Waals surface area contributed by atoms with Crippen molar-refractivity contribution in [1.82, 2.24) is 4.90 Å². The number of rotatable bonds is 4. The first-order valence-electron chi connectivity index (χ1n) is 7.47. The van der Waals surface area contributed by atoms with Crippen LogP contribution in [0.4, 0.5) is 4.39 Å². The molecule has 0 aromatic heterocycles. The maximum absolute atomic E-state index is 13.4. The van der Waals surface area contributed by atoms with Gasteiger partial charge in [0.1, 0.15) is 11.6 Å². The third-order valence-corrected chi connectivity index (χ3v) is 3.94. The zero-order valence-corrected chi connectivity index (χ0v) is 12.7. The van der Waals surface area contributed by atoms with Gasteiger partial charge in [0.05, 0.1) is 19.8 Å². The van der Waals surface area contributed by atoms with Crippen molar-refractivity contribution in [1.29, 1.82) is 0 Å². The molecule has 0 spiro atoms. The van der Waals surface area contributed by atoms with Crippen LogP contribution in [0.2, 0.25) is 0 Å². The fourth-order valence-corrected chi connectivity index (χ4v) is 2.74. The average molecular weight is 301 g/mol. The first-order chi connectivity index (χ1) is 10.7. The van der Waals surface area contributed by atoms with Gasteiger partial charge in [0.2, 0.25) is 0 Å². The van der Waals surface area contributed by atoms with E-state index in [2.05, 4.69) is 17.0 Å². The lowest BCUT2D eigenvalue weighted by Gasteiger charge is -2.33. The number of hydrogen-bond donors (Lipinski definition) is 0. The van der Waals surface area contributed by atoms with Gasteiger partial charge in [-0.15, -0.1) is 0 Å².